The molecule has 0 N–H and O–H groups in total. The number of carbonyl (C=O) groups excluding carboxylic acids is 1. The minimum Gasteiger partial charge on any atom is -0.496 e. The number of amides is 1. The van der Waals surface area contributed by atoms with E-state index in [2.05, 4.69) is 23.7 Å². The molecule has 198 valence electrons. The number of ether oxygens (including phenoxy) is 4. The highest BCUT2D eigenvalue weighted by molar-refractivity contribution is 5.81. The van der Waals surface area contributed by atoms with Gasteiger partial charge in [-0.15, -0.1) is 0 Å². The molecular formula is C28H41N3O5. The second-order valence-electron chi connectivity index (χ2n) is 9.23. The summed E-state index contributed by atoms with van der Waals surface area (Å²) in [7, 11) is 1.66. The molecule has 0 spiro atoms. The van der Waals surface area contributed by atoms with Crippen LogP contribution in [0.25, 0.3) is 0 Å². The van der Waals surface area contributed by atoms with Crippen molar-refractivity contribution in [3.05, 3.63) is 47.8 Å². The van der Waals surface area contributed by atoms with E-state index in [0.717, 1.165) is 41.3 Å². The number of hydrogen-bond donors (Lipinski definition) is 0. The minimum atomic E-state index is -0.504. The fourth-order valence-corrected chi connectivity index (χ4v) is 4.37. The van der Waals surface area contributed by atoms with Crippen molar-refractivity contribution in [2.75, 3.05) is 46.6 Å². The SMILES string of the molecule is CC.COc1ccncc1CN1CCOC(C(=O)N(Cc2ccc3c(c2)OCCCO3)CC(C)C)C1. The summed E-state index contributed by atoms with van der Waals surface area (Å²) in [5.74, 6) is 2.67. The summed E-state index contributed by atoms with van der Waals surface area (Å²) in [6.07, 6.45) is 3.90. The number of methoxy groups -OCH3 is 1. The van der Waals surface area contributed by atoms with Gasteiger partial charge in [0.05, 0.1) is 26.9 Å². The van der Waals surface area contributed by atoms with E-state index in [0.29, 0.717) is 51.9 Å². The first-order valence-corrected chi connectivity index (χ1v) is 13.0. The molecule has 8 heteroatoms. The van der Waals surface area contributed by atoms with Gasteiger partial charge in [-0.1, -0.05) is 33.8 Å². The Labute approximate surface area is 215 Å². The lowest BCUT2D eigenvalue weighted by molar-refractivity contribution is -0.151. The van der Waals surface area contributed by atoms with E-state index in [9.17, 15) is 4.79 Å². The summed E-state index contributed by atoms with van der Waals surface area (Å²) in [5.41, 5.74) is 2.02. The summed E-state index contributed by atoms with van der Waals surface area (Å²) < 4.78 is 23.0. The summed E-state index contributed by atoms with van der Waals surface area (Å²) >= 11 is 0. The van der Waals surface area contributed by atoms with Crippen LogP contribution in [0.3, 0.4) is 0 Å². The van der Waals surface area contributed by atoms with Crippen LogP contribution in [0, 0.1) is 5.92 Å². The van der Waals surface area contributed by atoms with Crippen molar-refractivity contribution in [2.45, 2.75) is 53.3 Å². The van der Waals surface area contributed by atoms with Crippen LogP contribution in [0.15, 0.2) is 36.7 Å². The highest BCUT2D eigenvalue weighted by Crippen LogP contribution is 2.31. The normalized spacial score (nSPS) is 17.6. The van der Waals surface area contributed by atoms with Gasteiger partial charge in [-0.2, -0.15) is 0 Å². The van der Waals surface area contributed by atoms with Gasteiger partial charge in [0, 0.05) is 57.1 Å². The first kappa shape index (κ1) is 27.7. The van der Waals surface area contributed by atoms with E-state index >= 15 is 0 Å². The number of pyridine rings is 1. The average Bonchev–Trinajstić information content (AvgIpc) is 3.14. The van der Waals surface area contributed by atoms with Gasteiger partial charge in [0.25, 0.3) is 5.91 Å². The Morgan fingerprint density at radius 2 is 1.94 bits per heavy atom. The number of nitrogens with zero attached hydrogens (tertiary/aromatic N) is 3. The summed E-state index contributed by atoms with van der Waals surface area (Å²) in [6.45, 7) is 13.2. The molecule has 1 fully saturated rings. The van der Waals surface area contributed by atoms with Crippen molar-refractivity contribution < 1.29 is 23.7 Å². The summed E-state index contributed by atoms with van der Waals surface area (Å²) in [4.78, 5) is 21.9. The Morgan fingerprint density at radius 1 is 1.17 bits per heavy atom. The average molecular weight is 500 g/mol. The zero-order chi connectivity index (χ0) is 25.9. The van der Waals surface area contributed by atoms with E-state index < -0.39 is 6.10 Å². The molecule has 1 aromatic carbocycles. The largest absolute Gasteiger partial charge is 0.496 e. The van der Waals surface area contributed by atoms with Crippen LogP contribution in [0.1, 0.15) is 45.2 Å². The molecule has 3 heterocycles. The molecule has 0 bridgehead atoms. The van der Waals surface area contributed by atoms with Crippen LogP contribution < -0.4 is 14.2 Å². The molecule has 36 heavy (non-hydrogen) atoms. The van der Waals surface area contributed by atoms with E-state index in [4.69, 9.17) is 18.9 Å². The Bertz CT molecular complexity index is 968. The van der Waals surface area contributed by atoms with Crippen LogP contribution in [-0.2, 0) is 22.6 Å². The maximum Gasteiger partial charge on any atom is 0.253 e. The third kappa shape index (κ3) is 7.58. The van der Waals surface area contributed by atoms with Gasteiger partial charge < -0.3 is 23.8 Å². The third-order valence-corrected chi connectivity index (χ3v) is 5.98. The number of hydrogen-bond acceptors (Lipinski definition) is 7. The monoisotopic (exact) mass is 499 g/mol. The zero-order valence-corrected chi connectivity index (χ0v) is 22.4. The van der Waals surface area contributed by atoms with Gasteiger partial charge in [-0.25, -0.2) is 0 Å². The van der Waals surface area contributed by atoms with Crippen molar-refractivity contribution >= 4 is 5.91 Å². The van der Waals surface area contributed by atoms with E-state index in [1.807, 2.05) is 49.2 Å². The molecule has 4 rings (SSSR count). The van der Waals surface area contributed by atoms with E-state index in [1.54, 1.807) is 13.3 Å². The number of rotatable bonds is 8. The molecular weight excluding hydrogens is 458 g/mol. The number of aromatic nitrogens is 1. The molecule has 0 aliphatic carbocycles. The predicted octanol–water partition coefficient (Wildman–Crippen LogP) is 4.16. The predicted molar refractivity (Wildman–Crippen MR) is 139 cm³/mol. The fourth-order valence-electron chi connectivity index (χ4n) is 4.37. The second-order valence-corrected chi connectivity index (χ2v) is 9.23. The Morgan fingerprint density at radius 3 is 2.69 bits per heavy atom. The first-order valence-electron chi connectivity index (χ1n) is 13.0. The van der Waals surface area contributed by atoms with Crippen LogP contribution >= 0.6 is 0 Å². The molecule has 1 unspecified atom stereocenters. The molecule has 1 saturated heterocycles. The smallest absolute Gasteiger partial charge is 0.253 e. The van der Waals surface area contributed by atoms with Gasteiger partial charge in [0.1, 0.15) is 11.9 Å². The van der Waals surface area contributed by atoms with E-state index in [-0.39, 0.29) is 5.91 Å². The van der Waals surface area contributed by atoms with Crippen molar-refractivity contribution in [3.8, 4) is 17.2 Å². The first-order chi connectivity index (χ1) is 17.5. The van der Waals surface area contributed by atoms with Gasteiger partial charge >= 0.3 is 0 Å². The maximum absolute atomic E-state index is 13.6. The molecule has 2 aliphatic rings. The number of morpholine rings is 1. The molecule has 0 radical (unpaired) electrons. The molecule has 1 aromatic heterocycles. The van der Waals surface area contributed by atoms with Gasteiger partial charge in [0.2, 0.25) is 0 Å². The lowest BCUT2D eigenvalue weighted by Crippen LogP contribution is -2.51. The Kier molecular flexibility index (Phi) is 10.8. The van der Waals surface area contributed by atoms with Crippen LogP contribution in [-0.4, -0.2) is 73.4 Å². The lowest BCUT2D eigenvalue weighted by Gasteiger charge is -2.35. The molecule has 1 atom stereocenters. The van der Waals surface area contributed by atoms with Crippen LogP contribution in [0.5, 0.6) is 17.2 Å². The summed E-state index contributed by atoms with van der Waals surface area (Å²) in [5, 5.41) is 0. The molecule has 1 amide bonds. The zero-order valence-electron chi connectivity index (χ0n) is 22.4. The topological polar surface area (TPSA) is 73.4 Å². The quantitative estimate of drug-likeness (QED) is 0.540. The van der Waals surface area contributed by atoms with Gasteiger partial charge in [0.15, 0.2) is 11.5 Å². The Hall–Kier alpha value is -2.84. The highest BCUT2D eigenvalue weighted by Gasteiger charge is 2.31. The molecule has 2 aliphatic heterocycles. The standard InChI is InChI=1S/C26H35N3O5.C2H6/c1-19(2)15-29(16-20-5-6-23-24(13-20)33-11-4-10-32-23)26(30)25-18-28(9-12-34-25)17-21-14-27-8-7-22(21)31-3;1-2/h5-8,13-14,19,25H,4,9-12,15-18H2,1-3H3;1-2H3. The van der Waals surface area contributed by atoms with E-state index in [1.165, 1.54) is 0 Å². The van der Waals surface area contributed by atoms with Gasteiger partial charge in [-0.05, 0) is 29.7 Å². The summed E-state index contributed by atoms with van der Waals surface area (Å²) in [6, 6.07) is 7.80. The molecule has 0 saturated carbocycles. The van der Waals surface area contributed by atoms with Crippen molar-refractivity contribution in [2.24, 2.45) is 5.92 Å². The van der Waals surface area contributed by atoms with Crippen molar-refractivity contribution in [3.63, 3.8) is 0 Å². The number of benzene rings is 1. The lowest BCUT2D eigenvalue weighted by atomic mass is 10.1. The fraction of sp³-hybridized carbons (Fsp3) is 0.571. The van der Waals surface area contributed by atoms with Gasteiger partial charge in [-0.3, -0.25) is 14.7 Å². The van der Waals surface area contributed by atoms with Crippen LogP contribution in [0.4, 0.5) is 0 Å². The number of fused-ring (bicyclic) bond motifs is 1. The molecule has 2 aromatic rings. The number of carbonyl (C=O) groups is 1. The van der Waals surface area contributed by atoms with Crippen molar-refractivity contribution in [1.82, 2.24) is 14.8 Å². The molecule has 8 nitrogen and oxygen atoms in total. The highest BCUT2D eigenvalue weighted by atomic mass is 16.5. The van der Waals surface area contributed by atoms with Crippen LogP contribution in [0.2, 0.25) is 0 Å². The minimum absolute atomic E-state index is 0.0173. The second kappa shape index (κ2) is 14.0. The van der Waals surface area contributed by atoms with Crippen molar-refractivity contribution in [1.29, 1.82) is 0 Å². The maximum atomic E-state index is 13.6. The Balaban J connectivity index is 0.00000176. The third-order valence-electron chi connectivity index (χ3n) is 5.98.